The molecule has 1 amide bonds. The van der Waals surface area contributed by atoms with E-state index in [9.17, 15) is 9.59 Å². The van der Waals surface area contributed by atoms with E-state index in [1.807, 2.05) is 24.5 Å². The molecule has 0 aliphatic carbocycles. The number of carbonyl (C=O) groups is 2. The minimum absolute atomic E-state index is 0.0430. The molecule has 0 atom stereocenters. The highest BCUT2D eigenvalue weighted by atomic mass is 16.4. The number of carbonyl (C=O) groups excluding carboxylic acids is 1. The number of hydrogen-bond acceptors (Lipinski definition) is 2. The van der Waals surface area contributed by atoms with E-state index in [-0.39, 0.29) is 18.0 Å². The zero-order chi connectivity index (χ0) is 14.7. The predicted octanol–water partition coefficient (Wildman–Crippen LogP) is 2.11. The number of fused-ring (bicyclic) bond motifs is 1. The smallest absolute Gasteiger partial charge is 0.335 e. The summed E-state index contributed by atoms with van der Waals surface area (Å²) in [6.45, 7) is 4.97. The van der Waals surface area contributed by atoms with Gasteiger partial charge in [-0.3, -0.25) is 4.79 Å². The molecule has 0 aliphatic heterocycles. The molecular formula is C15H18N2O3. The van der Waals surface area contributed by atoms with Gasteiger partial charge in [0.15, 0.2) is 0 Å². The number of carboxylic acids is 1. The highest BCUT2D eigenvalue weighted by Crippen LogP contribution is 2.17. The van der Waals surface area contributed by atoms with Crippen LogP contribution in [0.3, 0.4) is 0 Å². The molecule has 2 rings (SSSR count). The lowest BCUT2D eigenvalue weighted by Gasteiger charge is -2.09. The zero-order valence-corrected chi connectivity index (χ0v) is 11.6. The quantitative estimate of drug-likeness (QED) is 0.877. The van der Waals surface area contributed by atoms with E-state index in [4.69, 9.17) is 5.11 Å². The van der Waals surface area contributed by atoms with Gasteiger partial charge in [0.1, 0.15) is 6.54 Å². The second-order valence-corrected chi connectivity index (χ2v) is 5.22. The van der Waals surface area contributed by atoms with E-state index >= 15 is 0 Å². The van der Waals surface area contributed by atoms with Crippen LogP contribution in [0.5, 0.6) is 0 Å². The molecule has 5 nitrogen and oxygen atoms in total. The van der Waals surface area contributed by atoms with Gasteiger partial charge < -0.3 is 15.0 Å². The number of amides is 1. The fraction of sp³-hybridized carbons (Fsp3) is 0.333. The van der Waals surface area contributed by atoms with Gasteiger partial charge in [-0.2, -0.15) is 0 Å². The summed E-state index contributed by atoms with van der Waals surface area (Å²) in [6.07, 6.45) is 1.80. The molecule has 2 N–H and O–H groups in total. The standard InChI is InChI=1S/C15H18N2O3/c1-10(2)8-16-14(18)9-17-6-5-11-7-12(15(19)20)3-4-13(11)17/h3-7,10H,8-9H2,1-2H3,(H,16,18)(H,19,20). The van der Waals surface area contributed by atoms with Crippen LogP contribution >= 0.6 is 0 Å². The number of carboxylic acid groups (broad SMARTS) is 1. The van der Waals surface area contributed by atoms with E-state index in [0.717, 1.165) is 10.9 Å². The highest BCUT2D eigenvalue weighted by molar-refractivity contribution is 5.94. The summed E-state index contributed by atoms with van der Waals surface area (Å²) in [6, 6.07) is 6.71. The Bertz CT molecular complexity index is 644. The SMILES string of the molecule is CC(C)CNC(=O)Cn1ccc2cc(C(=O)O)ccc21. The Kier molecular flexibility index (Phi) is 4.08. The first-order chi connectivity index (χ1) is 9.47. The molecule has 5 heteroatoms. The maximum Gasteiger partial charge on any atom is 0.335 e. The monoisotopic (exact) mass is 274 g/mol. The molecule has 0 spiro atoms. The van der Waals surface area contributed by atoms with Crippen molar-refractivity contribution < 1.29 is 14.7 Å². The fourth-order valence-electron chi connectivity index (χ4n) is 2.00. The molecule has 106 valence electrons. The summed E-state index contributed by atoms with van der Waals surface area (Å²) in [4.78, 5) is 22.7. The Morgan fingerprint density at radius 2 is 2.05 bits per heavy atom. The van der Waals surface area contributed by atoms with E-state index in [1.165, 1.54) is 0 Å². The third-order valence-corrected chi connectivity index (χ3v) is 3.04. The van der Waals surface area contributed by atoms with Crippen molar-refractivity contribution in [1.29, 1.82) is 0 Å². The molecular weight excluding hydrogens is 256 g/mol. The van der Waals surface area contributed by atoms with Crippen molar-refractivity contribution in [3.8, 4) is 0 Å². The second-order valence-electron chi connectivity index (χ2n) is 5.22. The van der Waals surface area contributed by atoms with Gasteiger partial charge in [-0.15, -0.1) is 0 Å². The highest BCUT2D eigenvalue weighted by Gasteiger charge is 2.09. The summed E-state index contributed by atoms with van der Waals surface area (Å²) in [7, 11) is 0. The van der Waals surface area contributed by atoms with Gasteiger partial charge in [0, 0.05) is 23.6 Å². The van der Waals surface area contributed by atoms with Crippen LogP contribution in [0.15, 0.2) is 30.5 Å². The molecule has 0 aliphatic rings. The minimum Gasteiger partial charge on any atom is -0.478 e. The first-order valence-electron chi connectivity index (χ1n) is 6.56. The molecule has 0 fully saturated rings. The molecule has 0 unspecified atom stereocenters. The molecule has 1 heterocycles. The van der Waals surface area contributed by atoms with Crippen molar-refractivity contribution in [2.75, 3.05) is 6.54 Å². The van der Waals surface area contributed by atoms with Gasteiger partial charge in [-0.1, -0.05) is 13.8 Å². The number of hydrogen-bond donors (Lipinski definition) is 2. The average molecular weight is 274 g/mol. The van der Waals surface area contributed by atoms with Gasteiger partial charge in [0.25, 0.3) is 0 Å². The van der Waals surface area contributed by atoms with Gasteiger partial charge in [-0.05, 0) is 30.2 Å². The molecule has 1 aromatic heterocycles. The molecule has 0 radical (unpaired) electrons. The number of nitrogens with one attached hydrogen (secondary N) is 1. The number of aromatic nitrogens is 1. The van der Waals surface area contributed by atoms with Crippen LogP contribution in [0.4, 0.5) is 0 Å². The van der Waals surface area contributed by atoms with Crippen molar-refractivity contribution in [1.82, 2.24) is 9.88 Å². The number of aromatic carboxylic acids is 1. The van der Waals surface area contributed by atoms with E-state index in [2.05, 4.69) is 5.32 Å². The van der Waals surface area contributed by atoms with Gasteiger partial charge in [-0.25, -0.2) is 4.79 Å². The van der Waals surface area contributed by atoms with Crippen LogP contribution in [-0.2, 0) is 11.3 Å². The molecule has 0 bridgehead atoms. The van der Waals surface area contributed by atoms with Gasteiger partial charge in [0.2, 0.25) is 5.91 Å². The lowest BCUT2D eigenvalue weighted by molar-refractivity contribution is -0.121. The first kappa shape index (κ1) is 14.1. The lowest BCUT2D eigenvalue weighted by atomic mass is 10.1. The summed E-state index contributed by atoms with van der Waals surface area (Å²) in [5.74, 6) is -0.577. The first-order valence-corrected chi connectivity index (χ1v) is 6.56. The number of rotatable bonds is 5. The topological polar surface area (TPSA) is 71.3 Å². The maximum absolute atomic E-state index is 11.8. The van der Waals surface area contributed by atoms with Gasteiger partial charge in [0.05, 0.1) is 5.56 Å². The molecule has 1 aromatic carbocycles. The summed E-state index contributed by atoms with van der Waals surface area (Å²) in [5.41, 5.74) is 1.11. The van der Waals surface area contributed by atoms with Crippen LogP contribution in [0, 0.1) is 5.92 Å². The Labute approximate surface area is 117 Å². The zero-order valence-electron chi connectivity index (χ0n) is 11.6. The van der Waals surface area contributed by atoms with Crippen LogP contribution < -0.4 is 5.32 Å². The predicted molar refractivity (Wildman–Crippen MR) is 76.7 cm³/mol. The Morgan fingerprint density at radius 1 is 1.30 bits per heavy atom. The average Bonchev–Trinajstić information content (AvgIpc) is 2.79. The third-order valence-electron chi connectivity index (χ3n) is 3.04. The second kappa shape index (κ2) is 5.77. The minimum atomic E-state index is -0.950. The lowest BCUT2D eigenvalue weighted by Crippen LogP contribution is -2.30. The van der Waals surface area contributed by atoms with Crippen molar-refractivity contribution >= 4 is 22.8 Å². The van der Waals surface area contributed by atoms with E-state index in [1.54, 1.807) is 24.4 Å². The summed E-state index contributed by atoms with van der Waals surface area (Å²) in [5, 5.41) is 12.6. The van der Waals surface area contributed by atoms with Crippen molar-refractivity contribution in [3.05, 3.63) is 36.0 Å². The van der Waals surface area contributed by atoms with Crippen LogP contribution in [0.25, 0.3) is 10.9 Å². The van der Waals surface area contributed by atoms with Crippen LogP contribution in [0.2, 0.25) is 0 Å². The van der Waals surface area contributed by atoms with Crippen molar-refractivity contribution in [2.45, 2.75) is 20.4 Å². The number of benzene rings is 1. The third kappa shape index (κ3) is 3.17. The normalized spacial score (nSPS) is 10.9. The van der Waals surface area contributed by atoms with Crippen LogP contribution in [0.1, 0.15) is 24.2 Å². The van der Waals surface area contributed by atoms with E-state index < -0.39 is 5.97 Å². The molecule has 0 saturated carbocycles. The molecule has 20 heavy (non-hydrogen) atoms. The van der Waals surface area contributed by atoms with Crippen molar-refractivity contribution in [2.24, 2.45) is 5.92 Å². The Balaban J connectivity index is 2.15. The van der Waals surface area contributed by atoms with Crippen LogP contribution in [-0.4, -0.2) is 28.1 Å². The van der Waals surface area contributed by atoms with Gasteiger partial charge >= 0.3 is 5.97 Å². The van der Waals surface area contributed by atoms with Crippen molar-refractivity contribution in [3.63, 3.8) is 0 Å². The summed E-state index contributed by atoms with van der Waals surface area (Å²) < 4.78 is 1.82. The Morgan fingerprint density at radius 3 is 2.70 bits per heavy atom. The summed E-state index contributed by atoms with van der Waals surface area (Å²) >= 11 is 0. The fourth-order valence-corrected chi connectivity index (χ4v) is 2.00. The number of nitrogens with zero attached hydrogens (tertiary/aromatic N) is 1. The largest absolute Gasteiger partial charge is 0.478 e. The Hall–Kier alpha value is -2.30. The molecule has 2 aromatic rings. The molecule has 0 saturated heterocycles. The maximum atomic E-state index is 11.8. The van der Waals surface area contributed by atoms with E-state index in [0.29, 0.717) is 12.5 Å².